The van der Waals surface area contributed by atoms with Crippen LogP contribution in [0.15, 0.2) is 54.6 Å². The second-order valence-corrected chi connectivity index (χ2v) is 9.45. The number of imide groups is 1. The topological polar surface area (TPSA) is 98.8 Å². The second kappa shape index (κ2) is 8.03. The zero-order valence-corrected chi connectivity index (χ0v) is 19.2. The third-order valence-corrected chi connectivity index (χ3v) is 6.21. The van der Waals surface area contributed by atoms with Gasteiger partial charge in [-0.25, -0.2) is 4.79 Å². The molecule has 1 atom stereocenters. The molecule has 0 radical (unpaired) electrons. The minimum Gasteiger partial charge on any atom is -0.322 e. The van der Waals surface area contributed by atoms with Gasteiger partial charge in [-0.05, 0) is 43.9 Å². The number of urea groups is 1. The summed E-state index contributed by atoms with van der Waals surface area (Å²) in [6, 6.07) is 15.4. The highest BCUT2D eigenvalue weighted by molar-refractivity contribution is 6.16. The van der Waals surface area contributed by atoms with Crippen molar-refractivity contribution < 1.29 is 19.2 Å². The molecule has 5 amide bonds. The normalized spacial score (nSPS) is 21.7. The molecule has 0 bridgehead atoms. The van der Waals surface area contributed by atoms with Crippen LogP contribution in [0.3, 0.4) is 0 Å². The number of benzene rings is 2. The van der Waals surface area contributed by atoms with E-state index in [9.17, 15) is 19.2 Å². The molecule has 2 aromatic rings. The summed E-state index contributed by atoms with van der Waals surface area (Å²) in [5, 5.41) is 5.67. The van der Waals surface area contributed by atoms with Crippen molar-refractivity contribution >= 4 is 35.1 Å². The molecule has 8 nitrogen and oxygen atoms in total. The van der Waals surface area contributed by atoms with Gasteiger partial charge in [0.2, 0.25) is 11.8 Å². The minimum atomic E-state index is -1.24. The Bertz CT molecular complexity index is 1130. The predicted molar refractivity (Wildman–Crippen MR) is 124 cm³/mol. The van der Waals surface area contributed by atoms with Gasteiger partial charge >= 0.3 is 6.03 Å². The molecule has 2 N–H and O–H groups in total. The first-order valence-corrected chi connectivity index (χ1v) is 11.0. The second-order valence-electron chi connectivity index (χ2n) is 9.45. The Kier molecular flexibility index (Phi) is 5.47. The smallest absolute Gasteiger partial charge is 0.322 e. The first kappa shape index (κ1) is 22.5. The first-order chi connectivity index (χ1) is 15.6. The van der Waals surface area contributed by atoms with Crippen molar-refractivity contribution in [2.45, 2.75) is 45.2 Å². The Hall–Kier alpha value is -3.68. The molecule has 2 heterocycles. The average Bonchev–Trinajstić information content (AvgIpc) is 2.99. The zero-order valence-electron chi connectivity index (χ0n) is 19.2. The molecule has 2 aliphatic rings. The summed E-state index contributed by atoms with van der Waals surface area (Å²) in [4.78, 5) is 55.2. The van der Waals surface area contributed by atoms with Crippen molar-refractivity contribution in [2.75, 3.05) is 16.8 Å². The number of para-hydroxylation sites is 2. The maximum absolute atomic E-state index is 13.7. The Morgan fingerprint density at radius 2 is 1.61 bits per heavy atom. The van der Waals surface area contributed by atoms with Crippen LogP contribution in [0.4, 0.5) is 16.2 Å². The molecule has 172 valence electrons. The van der Waals surface area contributed by atoms with E-state index in [0.29, 0.717) is 23.4 Å². The highest BCUT2D eigenvalue weighted by atomic mass is 16.2. The van der Waals surface area contributed by atoms with Gasteiger partial charge in [0.15, 0.2) is 0 Å². The summed E-state index contributed by atoms with van der Waals surface area (Å²) >= 11 is 0. The fourth-order valence-corrected chi connectivity index (χ4v) is 4.66. The molecule has 0 spiro atoms. The van der Waals surface area contributed by atoms with Gasteiger partial charge in [0, 0.05) is 0 Å². The molecular weight excluding hydrogens is 420 g/mol. The van der Waals surface area contributed by atoms with E-state index in [0.717, 1.165) is 4.90 Å². The number of carbonyl (C=O) groups is 4. The Morgan fingerprint density at radius 3 is 2.27 bits per heavy atom. The van der Waals surface area contributed by atoms with E-state index in [2.05, 4.69) is 10.6 Å². The van der Waals surface area contributed by atoms with E-state index in [-0.39, 0.29) is 11.8 Å². The molecule has 2 aliphatic heterocycles. The lowest BCUT2D eigenvalue weighted by Gasteiger charge is -2.42. The number of nitrogens with one attached hydrogen (secondary N) is 2. The summed E-state index contributed by atoms with van der Waals surface area (Å²) in [5.74, 6) is -1.21. The van der Waals surface area contributed by atoms with E-state index >= 15 is 0 Å². The van der Waals surface area contributed by atoms with E-state index in [1.807, 2.05) is 32.0 Å². The SMILES string of the molecule is CC(C)C[C@@]1(c2ccccc2)NC(=O)N(CC(=O)N2c3ccccc3NC(=O)C2(C)C)C1=O. The quantitative estimate of drug-likeness (QED) is 0.686. The highest BCUT2D eigenvalue weighted by Gasteiger charge is 2.54. The molecule has 2 aromatic carbocycles. The molecule has 1 saturated heterocycles. The van der Waals surface area contributed by atoms with Gasteiger partial charge in [-0.2, -0.15) is 0 Å². The Morgan fingerprint density at radius 1 is 0.970 bits per heavy atom. The standard InChI is InChI=1S/C25H28N4O4/c1-16(2)14-25(17-10-6-5-7-11-17)22(32)28(23(33)27-25)15-20(30)29-19-13-9-8-12-18(19)26-21(31)24(29,3)4/h5-13,16H,14-15H2,1-4H3,(H,26,31)(H,27,33)/t25-/m0/s1. The van der Waals surface area contributed by atoms with Crippen LogP contribution >= 0.6 is 0 Å². The molecular formula is C25H28N4O4. The lowest BCUT2D eigenvalue weighted by molar-refractivity contribution is -0.135. The maximum atomic E-state index is 13.7. The van der Waals surface area contributed by atoms with Crippen LogP contribution in [0.1, 0.15) is 39.7 Å². The summed E-state index contributed by atoms with van der Waals surface area (Å²) in [6.07, 6.45) is 0.396. The molecule has 1 fully saturated rings. The number of carbonyl (C=O) groups excluding carboxylic acids is 4. The summed E-state index contributed by atoms with van der Waals surface area (Å²) in [7, 11) is 0. The lowest BCUT2D eigenvalue weighted by atomic mass is 9.82. The maximum Gasteiger partial charge on any atom is 0.325 e. The highest BCUT2D eigenvalue weighted by Crippen LogP contribution is 2.38. The predicted octanol–water partition coefficient (Wildman–Crippen LogP) is 3.24. The van der Waals surface area contributed by atoms with Crippen LogP contribution in [0.25, 0.3) is 0 Å². The largest absolute Gasteiger partial charge is 0.325 e. The van der Waals surface area contributed by atoms with Crippen LogP contribution in [0, 0.1) is 5.92 Å². The van der Waals surface area contributed by atoms with Crippen LogP contribution in [0.5, 0.6) is 0 Å². The van der Waals surface area contributed by atoms with Gasteiger partial charge in [-0.1, -0.05) is 56.3 Å². The third kappa shape index (κ3) is 3.65. The first-order valence-electron chi connectivity index (χ1n) is 11.0. The van der Waals surface area contributed by atoms with E-state index in [1.54, 1.807) is 50.2 Å². The number of anilines is 2. The zero-order chi connectivity index (χ0) is 24.0. The molecule has 0 saturated carbocycles. The molecule has 8 heteroatoms. The third-order valence-electron chi connectivity index (χ3n) is 6.21. The van der Waals surface area contributed by atoms with Crippen LogP contribution < -0.4 is 15.5 Å². The number of hydrogen-bond acceptors (Lipinski definition) is 4. The van der Waals surface area contributed by atoms with Gasteiger partial charge in [0.1, 0.15) is 17.6 Å². The van der Waals surface area contributed by atoms with E-state index in [4.69, 9.17) is 0 Å². The average molecular weight is 449 g/mol. The van der Waals surface area contributed by atoms with Gasteiger partial charge < -0.3 is 10.6 Å². The summed E-state index contributed by atoms with van der Waals surface area (Å²) < 4.78 is 0. The van der Waals surface area contributed by atoms with Crippen molar-refractivity contribution in [3.05, 3.63) is 60.2 Å². The molecule has 0 unspecified atom stereocenters. The van der Waals surface area contributed by atoms with Crippen molar-refractivity contribution in [3.8, 4) is 0 Å². The molecule has 33 heavy (non-hydrogen) atoms. The fraction of sp³-hybridized carbons (Fsp3) is 0.360. The summed E-state index contributed by atoms with van der Waals surface area (Å²) in [5.41, 5.74) is -0.727. The summed E-state index contributed by atoms with van der Waals surface area (Å²) in [6.45, 7) is 6.75. The number of nitrogens with zero attached hydrogens (tertiary/aromatic N) is 2. The van der Waals surface area contributed by atoms with Crippen LogP contribution in [-0.4, -0.2) is 40.7 Å². The molecule has 4 rings (SSSR count). The fourth-order valence-electron chi connectivity index (χ4n) is 4.66. The van der Waals surface area contributed by atoms with E-state index < -0.39 is 35.5 Å². The number of hydrogen-bond donors (Lipinski definition) is 2. The van der Waals surface area contributed by atoms with Crippen LogP contribution in [0.2, 0.25) is 0 Å². The minimum absolute atomic E-state index is 0.113. The molecule has 0 aromatic heterocycles. The van der Waals surface area contributed by atoms with Gasteiger partial charge in [0.25, 0.3) is 5.91 Å². The van der Waals surface area contributed by atoms with Gasteiger partial charge in [-0.3, -0.25) is 24.2 Å². The van der Waals surface area contributed by atoms with Gasteiger partial charge in [0.05, 0.1) is 11.4 Å². The van der Waals surface area contributed by atoms with Crippen LogP contribution in [-0.2, 0) is 19.9 Å². The van der Waals surface area contributed by atoms with Crippen molar-refractivity contribution in [3.63, 3.8) is 0 Å². The lowest BCUT2D eigenvalue weighted by Crippen LogP contribution is -2.60. The number of amides is 5. The van der Waals surface area contributed by atoms with E-state index in [1.165, 1.54) is 4.90 Å². The monoisotopic (exact) mass is 448 g/mol. The van der Waals surface area contributed by atoms with Crippen molar-refractivity contribution in [1.82, 2.24) is 10.2 Å². The van der Waals surface area contributed by atoms with Crippen molar-refractivity contribution in [2.24, 2.45) is 5.92 Å². The number of rotatable bonds is 5. The van der Waals surface area contributed by atoms with Crippen molar-refractivity contribution in [1.29, 1.82) is 0 Å². The Labute approximate surface area is 192 Å². The Balaban J connectivity index is 1.68. The van der Waals surface area contributed by atoms with Gasteiger partial charge in [-0.15, -0.1) is 0 Å². The number of fused-ring (bicyclic) bond motifs is 1. The molecule has 0 aliphatic carbocycles.